The lowest BCUT2D eigenvalue weighted by atomic mass is 9.82. The molecular formula is C15H22O. The van der Waals surface area contributed by atoms with Gasteiger partial charge in [-0.2, -0.15) is 0 Å². The summed E-state index contributed by atoms with van der Waals surface area (Å²) in [5, 5.41) is 9.68. The van der Waals surface area contributed by atoms with Crippen LogP contribution in [0.5, 0.6) is 0 Å². The van der Waals surface area contributed by atoms with E-state index in [1.165, 1.54) is 36.8 Å². The molecule has 1 aromatic carbocycles. The summed E-state index contributed by atoms with van der Waals surface area (Å²) < 4.78 is 0. The van der Waals surface area contributed by atoms with Crippen LogP contribution in [-0.2, 0) is 6.42 Å². The lowest BCUT2D eigenvalue weighted by molar-refractivity contribution is 0.119. The van der Waals surface area contributed by atoms with E-state index in [-0.39, 0.29) is 6.10 Å². The van der Waals surface area contributed by atoms with Crippen LogP contribution in [0.4, 0.5) is 0 Å². The van der Waals surface area contributed by atoms with E-state index in [1.807, 2.05) is 0 Å². The molecule has 0 heterocycles. The van der Waals surface area contributed by atoms with Crippen molar-refractivity contribution in [3.05, 3.63) is 35.4 Å². The van der Waals surface area contributed by atoms with E-state index in [2.05, 4.69) is 31.2 Å². The number of aliphatic hydroxyl groups is 1. The smallest absolute Gasteiger partial charge is 0.0546 e. The summed E-state index contributed by atoms with van der Waals surface area (Å²) in [6.07, 6.45) is 6.66. The molecule has 0 amide bonds. The van der Waals surface area contributed by atoms with Crippen LogP contribution >= 0.6 is 0 Å². The second-order valence-corrected chi connectivity index (χ2v) is 5.01. The van der Waals surface area contributed by atoms with Gasteiger partial charge in [-0.25, -0.2) is 0 Å². The molecule has 0 saturated heterocycles. The Balaban J connectivity index is 2.03. The maximum atomic E-state index is 9.68. The lowest BCUT2D eigenvalue weighted by Crippen LogP contribution is -2.18. The van der Waals surface area contributed by atoms with Crippen LogP contribution in [0.25, 0.3) is 0 Å². The maximum Gasteiger partial charge on any atom is 0.0546 e. The highest BCUT2D eigenvalue weighted by Crippen LogP contribution is 2.32. The van der Waals surface area contributed by atoms with Crippen molar-refractivity contribution < 1.29 is 5.11 Å². The zero-order valence-electron chi connectivity index (χ0n) is 10.2. The molecule has 1 saturated carbocycles. The number of benzene rings is 1. The van der Waals surface area contributed by atoms with E-state index in [1.54, 1.807) is 0 Å². The van der Waals surface area contributed by atoms with Gasteiger partial charge in [-0.05, 0) is 42.7 Å². The van der Waals surface area contributed by atoms with Crippen LogP contribution in [-0.4, -0.2) is 11.2 Å². The molecule has 88 valence electrons. The Morgan fingerprint density at radius 2 is 1.94 bits per heavy atom. The molecule has 0 radical (unpaired) electrons. The predicted octanol–water partition coefficient (Wildman–Crippen LogP) is 3.66. The van der Waals surface area contributed by atoms with Gasteiger partial charge in [0.05, 0.1) is 6.10 Å². The molecule has 1 aliphatic rings. The molecule has 1 N–H and O–H groups in total. The van der Waals surface area contributed by atoms with Gasteiger partial charge in [-0.15, -0.1) is 0 Å². The molecule has 0 aliphatic heterocycles. The fourth-order valence-electron chi connectivity index (χ4n) is 2.71. The second-order valence-electron chi connectivity index (χ2n) is 5.01. The zero-order valence-corrected chi connectivity index (χ0v) is 10.2. The fraction of sp³-hybridized carbons (Fsp3) is 0.600. The van der Waals surface area contributed by atoms with Crippen molar-refractivity contribution >= 4 is 0 Å². The van der Waals surface area contributed by atoms with Gasteiger partial charge < -0.3 is 5.11 Å². The van der Waals surface area contributed by atoms with E-state index >= 15 is 0 Å². The summed E-state index contributed by atoms with van der Waals surface area (Å²) in [5.74, 6) is 0.583. The average Bonchev–Trinajstić information content (AvgIpc) is 2.30. The molecule has 2 rings (SSSR count). The molecule has 0 bridgehead atoms. The molecule has 16 heavy (non-hydrogen) atoms. The summed E-state index contributed by atoms with van der Waals surface area (Å²) >= 11 is 0. The molecule has 1 aromatic rings. The number of aliphatic hydroxyl groups excluding tert-OH is 1. The van der Waals surface area contributed by atoms with Gasteiger partial charge in [0.15, 0.2) is 0 Å². The first-order valence-electron chi connectivity index (χ1n) is 6.56. The van der Waals surface area contributed by atoms with Gasteiger partial charge in [0.2, 0.25) is 0 Å². The average molecular weight is 218 g/mol. The summed E-state index contributed by atoms with van der Waals surface area (Å²) in [4.78, 5) is 0. The van der Waals surface area contributed by atoms with Crippen molar-refractivity contribution in [2.75, 3.05) is 0 Å². The summed E-state index contributed by atoms with van der Waals surface area (Å²) in [6, 6.07) is 9.01. The highest BCUT2D eigenvalue weighted by molar-refractivity contribution is 5.26. The first-order chi connectivity index (χ1) is 7.79. The molecule has 1 heteroatoms. The summed E-state index contributed by atoms with van der Waals surface area (Å²) in [7, 11) is 0. The van der Waals surface area contributed by atoms with Crippen LogP contribution in [0.1, 0.15) is 56.1 Å². The third kappa shape index (κ3) is 2.85. The summed E-state index contributed by atoms with van der Waals surface area (Å²) in [5.41, 5.74) is 2.85. The van der Waals surface area contributed by atoms with Crippen LogP contribution in [0.3, 0.4) is 0 Å². The number of aryl methyl sites for hydroxylation is 1. The molecule has 1 fully saturated rings. The van der Waals surface area contributed by atoms with Gasteiger partial charge in [0.1, 0.15) is 0 Å². The number of rotatable bonds is 3. The Bertz CT molecular complexity index is 315. The van der Waals surface area contributed by atoms with Crippen molar-refractivity contribution in [1.82, 2.24) is 0 Å². The van der Waals surface area contributed by atoms with Gasteiger partial charge in [-0.1, -0.05) is 44.0 Å². The molecular weight excluding hydrogens is 196 g/mol. The van der Waals surface area contributed by atoms with Crippen LogP contribution in [0.2, 0.25) is 0 Å². The van der Waals surface area contributed by atoms with Crippen molar-refractivity contribution in [2.24, 2.45) is 0 Å². The van der Waals surface area contributed by atoms with Crippen LogP contribution in [0, 0.1) is 0 Å². The highest BCUT2D eigenvalue weighted by atomic mass is 16.3. The molecule has 2 unspecified atom stereocenters. The van der Waals surface area contributed by atoms with Crippen molar-refractivity contribution in [1.29, 1.82) is 0 Å². The van der Waals surface area contributed by atoms with E-state index in [0.717, 1.165) is 12.8 Å². The largest absolute Gasteiger partial charge is 0.393 e. The van der Waals surface area contributed by atoms with Crippen molar-refractivity contribution in [2.45, 2.75) is 57.5 Å². The zero-order chi connectivity index (χ0) is 11.4. The van der Waals surface area contributed by atoms with E-state index in [9.17, 15) is 5.11 Å². The normalized spacial score (nSPS) is 25.6. The molecule has 0 aromatic heterocycles. The van der Waals surface area contributed by atoms with E-state index in [4.69, 9.17) is 0 Å². The third-order valence-electron chi connectivity index (χ3n) is 3.64. The summed E-state index contributed by atoms with van der Waals surface area (Å²) in [6.45, 7) is 2.21. The third-order valence-corrected chi connectivity index (χ3v) is 3.64. The number of hydrogen-bond donors (Lipinski definition) is 1. The lowest BCUT2D eigenvalue weighted by Gasteiger charge is -2.26. The topological polar surface area (TPSA) is 20.2 Å². The minimum atomic E-state index is -0.0749. The van der Waals surface area contributed by atoms with Crippen LogP contribution in [0.15, 0.2) is 24.3 Å². The first-order valence-corrected chi connectivity index (χ1v) is 6.56. The first kappa shape index (κ1) is 11.7. The SMILES string of the molecule is CCCc1ccc(C2CCCC(O)C2)cc1. The minimum absolute atomic E-state index is 0.0749. The number of hydrogen-bond acceptors (Lipinski definition) is 1. The Hall–Kier alpha value is -0.820. The minimum Gasteiger partial charge on any atom is -0.393 e. The Kier molecular flexibility index (Phi) is 4.00. The van der Waals surface area contributed by atoms with Crippen molar-refractivity contribution in [3.63, 3.8) is 0 Å². The van der Waals surface area contributed by atoms with Crippen molar-refractivity contribution in [3.8, 4) is 0 Å². The Morgan fingerprint density at radius 3 is 2.56 bits per heavy atom. The van der Waals surface area contributed by atoms with Crippen LogP contribution < -0.4 is 0 Å². The Labute approximate surface area is 98.5 Å². The molecule has 2 atom stereocenters. The molecule has 0 spiro atoms. The quantitative estimate of drug-likeness (QED) is 0.821. The fourth-order valence-corrected chi connectivity index (χ4v) is 2.71. The van der Waals surface area contributed by atoms with Gasteiger partial charge in [0.25, 0.3) is 0 Å². The highest BCUT2D eigenvalue weighted by Gasteiger charge is 2.21. The molecule has 1 aliphatic carbocycles. The standard InChI is InChI=1S/C15H22O/c1-2-4-12-7-9-13(10-8-12)14-5-3-6-15(16)11-14/h7-10,14-16H,2-6,11H2,1H3. The van der Waals surface area contributed by atoms with Gasteiger partial charge >= 0.3 is 0 Å². The second kappa shape index (κ2) is 5.49. The molecule has 1 nitrogen and oxygen atoms in total. The monoisotopic (exact) mass is 218 g/mol. The maximum absolute atomic E-state index is 9.68. The van der Waals surface area contributed by atoms with Gasteiger partial charge in [0, 0.05) is 0 Å². The Morgan fingerprint density at radius 1 is 1.19 bits per heavy atom. The van der Waals surface area contributed by atoms with E-state index in [0.29, 0.717) is 5.92 Å². The predicted molar refractivity (Wildman–Crippen MR) is 67.7 cm³/mol. The van der Waals surface area contributed by atoms with E-state index < -0.39 is 0 Å². The van der Waals surface area contributed by atoms with Gasteiger partial charge in [-0.3, -0.25) is 0 Å².